The maximum Gasteiger partial charge on any atom is 0.365 e. The van der Waals surface area contributed by atoms with Gasteiger partial charge in [-0.2, -0.15) is 8.42 Å². The minimum atomic E-state index is -4.10. The van der Waals surface area contributed by atoms with Gasteiger partial charge in [0.05, 0.1) is 25.5 Å². The molecule has 0 bridgehead atoms. The van der Waals surface area contributed by atoms with E-state index in [1.165, 1.54) is 5.32 Å². The molecule has 118 valence electrons. The molecule has 0 aliphatic heterocycles. The van der Waals surface area contributed by atoms with Crippen molar-refractivity contribution in [1.29, 1.82) is 0 Å². The fourth-order valence-corrected chi connectivity index (χ4v) is 2.70. The molecule has 8 nitrogen and oxygen atoms in total. The highest BCUT2D eigenvalue weighted by Gasteiger charge is 2.27. The van der Waals surface area contributed by atoms with Crippen molar-refractivity contribution in [1.82, 2.24) is 0 Å². The Bertz CT molecular complexity index is 410. The van der Waals surface area contributed by atoms with Crippen LogP contribution in [-0.4, -0.2) is 56.5 Å². The monoisotopic (exact) mass is 330 g/mol. The van der Waals surface area contributed by atoms with Crippen molar-refractivity contribution >= 4 is 31.9 Å². The van der Waals surface area contributed by atoms with E-state index in [-0.39, 0.29) is 31.9 Å². The average Bonchev–Trinajstić information content (AvgIpc) is 2.32. The van der Waals surface area contributed by atoms with Crippen molar-refractivity contribution in [3.8, 4) is 0 Å². The molecule has 0 aliphatic rings. The first-order chi connectivity index (χ1) is 9.30. The van der Waals surface area contributed by atoms with Crippen LogP contribution in [0.5, 0.6) is 0 Å². The Labute approximate surface area is 121 Å². The second kappa shape index (κ2) is 9.97. The van der Waals surface area contributed by atoms with Crippen LogP contribution < -0.4 is 5.32 Å². The third-order valence-corrected chi connectivity index (χ3v) is 4.18. The molecule has 0 unspecified atom stereocenters. The molecule has 0 amide bonds. The number of carbonyl (C=O) groups excluding carboxylic acids is 2. The molecule has 10 heteroatoms. The summed E-state index contributed by atoms with van der Waals surface area (Å²) in [6.07, 6.45) is -0.150. The summed E-state index contributed by atoms with van der Waals surface area (Å²) in [6, 6.07) is -0.781. The number of esters is 2. The Morgan fingerprint density at radius 3 is 2.35 bits per heavy atom. The van der Waals surface area contributed by atoms with Gasteiger partial charge in [0.15, 0.2) is 6.04 Å². The minimum Gasteiger partial charge on any atom is -0.466 e. The molecule has 3 N–H and O–H groups in total. The quantitative estimate of drug-likeness (QED) is 0.225. The SMILES string of the molecule is CCOC(=O)C[C@H]([NH2+]CCSS(=O)(=O)O)C(=O)OCC. The molecule has 0 fully saturated rings. The molecule has 0 aromatic heterocycles. The highest BCUT2D eigenvalue weighted by Crippen LogP contribution is 2.06. The first kappa shape index (κ1) is 19.2. The summed E-state index contributed by atoms with van der Waals surface area (Å²) in [5.74, 6) is -1.00. The molecule has 0 heterocycles. The van der Waals surface area contributed by atoms with Gasteiger partial charge in [0.25, 0.3) is 0 Å². The number of hydrogen-bond donors (Lipinski definition) is 2. The topological polar surface area (TPSA) is 124 Å². The first-order valence-electron chi connectivity index (χ1n) is 6.07. The lowest BCUT2D eigenvalue weighted by atomic mass is 10.2. The molecule has 0 aromatic carbocycles. The van der Waals surface area contributed by atoms with Crippen molar-refractivity contribution in [3.05, 3.63) is 0 Å². The van der Waals surface area contributed by atoms with E-state index >= 15 is 0 Å². The summed E-state index contributed by atoms with van der Waals surface area (Å²) in [5, 5.41) is 1.49. The van der Waals surface area contributed by atoms with E-state index in [0.717, 1.165) is 0 Å². The van der Waals surface area contributed by atoms with Gasteiger partial charge in [0.2, 0.25) is 0 Å². The van der Waals surface area contributed by atoms with Crippen LogP contribution in [0.2, 0.25) is 0 Å². The van der Waals surface area contributed by atoms with Gasteiger partial charge in [0.1, 0.15) is 6.42 Å². The first-order valence-corrected chi connectivity index (χ1v) is 9.01. The number of rotatable bonds is 10. The molecular weight excluding hydrogens is 310 g/mol. The summed E-state index contributed by atoms with van der Waals surface area (Å²) in [7, 11) is -3.74. The van der Waals surface area contributed by atoms with Crippen LogP contribution >= 0.6 is 10.8 Å². The van der Waals surface area contributed by atoms with E-state index in [1.54, 1.807) is 13.8 Å². The van der Waals surface area contributed by atoms with E-state index in [9.17, 15) is 18.0 Å². The van der Waals surface area contributed by atoms with Gasteiger partial charge in [-0.05, 0) is 13.8 Å². The maximum absolute atomic E-state index is 11.6. The molecular formula is C10H20NO7S2+. The average molecular weight is 330 g/mol. The lowest BCUT2D eigenvalue weighted by Crippen LogP contribution is -2.92. The van der Waals surface area contributed by atoms with Gasteiger partial charge in [-0.3, -0.25) is 9.35 Å². The number of ether oxygens (including phenoxy) is 2. The van der Waals surface area contributed by atoms with Crippen molar-refractivity contribution in [2.75, 3.05) is 25.5 Å². The number of nitrogens with two attached hydrogens (primary N) is 1. The Kier molecular flexibility index (Phi) is 9.55. The largest absolute Gasteiger partial charge is 0.466 e. The standard InChI is InChI=1S/C10H19NO7S2/c1-3-17-9(12)7-8(10(13)18-4-2)11-5-6-19-20(14,15)16/h8,11H,3-7H2,1-2H3,(H,14,15,16)/p+1/t8-/m0/s1. The second-order valence-electron chi connectivity index (χ2n) is 3.64. The maximum atomic E-state index is 11.6. The normalized spacial score (nSPS) is 12.8. The summed E-state index contributed by atoms with van der Waals surface area (Å²) in [5.41, 5.74) is 0. The van der Waals surface area contributed by atoms with Gasteiger partial charge in [-0.25, -0.2) is 4.79 Å². The summed E-state index contributed by atoms with van der Waals surface area (Å²) in [4.78, 5) is 23.0. The Morgan fingerprint density at radius 1 is 1.25 bits per heavy atom. The Morgan fingerprint density at radius 2 is 1.85 bits per heavy atom. The Balaban J connectivity index is 4.31. The highest BCUT2D eigenvalue weighted by molar-refractivity contribution is 8.69. The van der Waals surface area contributed by atoms with Crippen molar-refractivity contribution in [3.63, 3.8) is 0 Å². The lowest BCUT2D eigenvalue weighted by Gasteiger charge is -2.13. The summed E-state index contributed by atoms with van der Waals surface area (Å²) in [6.45, 7) is 3.93. The zero-order valence-electron chi connectivity index (χ0n) is 11.4. The molecule has 0 radical (unpaired) electrons. The van der Waals surface area contributed by atoms with Crippen molar-refractivity contribution in [2.24, 2.45) is 0 Å². The van der Waals surface area contributed by atoms with Gasteiger partial charge < -0.3 is 14.8 Å². The van der Waals surface area contributed by atoms with E-state index in [1.807, 2.05) is 0 Å². The van der Waals surface area contributed by atoms with Crippen LogP contribution in [0.4, 0.5) is 0 Å². The minimum absolute atomic E-state index is 0.0809. The molecule has 20 heavy (non-hydrogen) atoms. The predicted octanol–water partition coefficient (Wildman–Crippen LogP) is -1.03. The van der Waals surface area contributed by atoms with E-state index in [0.29, 0.717) is 10.8 Å². The van der Waals surface area contributed by atoms with Gasteiger partial charge >= 0.3 is 21.1 Å². The van der Waals surface area contributed by atoms with Gasteiger partial charge in [-0.1, -0.05) is 0 Å². The smallest absolute Gasteiger partial charge is 0.365 e. The number of quaternary nitrogens is 1. The molecule has 0 aromatic rings. The molecule has 0 rings (SSSR count). The van der Waals surface area contributed by atoms with Gasteiger partial charge in [-0.15, -0.1) is 0 Å². The number of carbonyl (C=O) groups is 2. The van der Waals surface area contributed by atoms with E-state index < -0.39 is 27.1 Å². The van der Waals surface area contributed by atoms with Crippen LogP contribution in [0.15, 0.2) is 0 Å². The third kappa shape index (κ3) is 10.0. The van der Waals surface area contributed by atoms with Crippen LogP contribution in [0, 0.1) is 0 Å². The van der Waals surface area contributed by atoms with Crippen LogP contribution in [0.1, 0.15) is 20.3 Å². The summed E-state index contributed by atoms with van der Waals surface area (Å²) < 4.78 is 39.2. The van der Waals surface area contributed by atoms with Crippen LogP contribution in [0.25, 0.3) is 0 Å². The van der Waals surface area contributed by atoms with Crippen molar-refractivity contribution in [2.45, 2.75) is 26.3 Å². The molecule has 1 atom stereocenters. The second-order valence-corrected chi connectivity index (χ2v) is 7.11. The van der Waals surface area contributed by atoms with Gasteiger partial charge in [0, 0.05) is 10.8 Å². The molecule has 0 saturated heterocycles. The van der Waals surface area contributed by atoms with Crippen LogP contribution in [-0.2, 0) is 28.2 Å². The predicted molar refractivity (Wildman–Crippen MR) is 72.5 cm³/mol. The van der Waals surface area contributed by atoms with Crippen molar-refractivity contribution < 1.29 is 37.4 Å². The molecule has 0 spiro atoms. The highest BCUT2D eigenvalue weighted by atomic mass is 33.1. The molecule has 0 saturated carbocycles. The zero-order chi connectivity index (χ0) is 15.6. The van der Waals surface area contributed by atoms with E-state index in [2.05, 4.69) is 0 Å². The third-order valence-electron chi connectivity index (χ3n) is 2.08. The molecule has 0 aliphatic carbocycles. The fraction of sp³-hybridized carbons (Fsp3) is 0.800. The van der Waals surface area contributed by atoms with E-state index in [4.69, 9.17) is 14.0 Å². The zero-order valence-corrected chi connectivity index (χ0v) is 13.0. The number of hydrogen-bond acceptors (Lipinski definition) is 7. The van der Waals surface area contributed by atoms with Crippen LogP contribution in [0.3, 0.4) is 0 Å². The summed E-state index contributed by atoms with van der Waals surface area (Å²) >= 11 is 0. The Hall–Kier alpha value is -0.840. The fourth-order valence-electron chi connectivity index (χ4n) is 1.33. The lowest BCUT2D eigenvalue weighted by molar-refractivity contribution is -0.673.